The molecule has 0 unspecified atom stereocenters. The van der Waals surface area contributed by atoms with Gasteiger partial charge >= 0.3 is 0 Å². The topological polar surface area (TPSA) is 65.4 Å². The van der Waals surface area contributed by atoms with E-state index in [9.17, 15) is 4.79 Å². The summed E-state index contributed by atoms with van der Waals surface area (Å²) in [4.78, 5) is 24.8. The van der Waals surface area contributed by atoms with E-state index in [1.165, 1.54) is 5.69 Å². The maximum absolute atomic E-state index is 12.5. The fourth-order valence-electron chi connectivity index (χ4n) is 4.50. The number of aryl methyl sites for hydroxylation is 2. The highest BCUT2D eigenvalue weighted by molar-refractivity contribution is 5.77. The minimum Gasteiger partial charge on any atom is -0.466 e. The first-order valence-corrected chi connectivity index (χ1v) is 9.66. The lowest BCUT2D eigenvalue weighted by molar-refractivity contribution is -0.141. The Kier molecular flexibility index (Phi) is 4.85. The number of aromatic amines is 1. The van der Waals surface area contributed by atoms with E-state index in [4.69, 9.17) is 4.42 Å². The van der Waals surface area contributed by atoms with Crippen molar-refractivity contribution in [2.75, 3.05) is 19.6 Å². The van der Waals surface area contributed by atoms with Crippen LogP contribution in [0.25, 0.3) is 0 Å². The first-order valence-electron chi connectivity index (χ1n) is 9.66. The molecule has 4 rings (SSSR count). The molecule has 2 fully saturated rings. The standard InChI is InChI=1S/C20H28N4O2/c1-14-3-5-18(26-14)7-10-24-19-8-9-23(12-16(19)4-6-20(24)25)13-17-11-21-15(2)22-17/h3,5,11,16,19H,4,6-10,12-13H2,1-2H3,(H,21,22)/t16-,19+/m0/s1. The van der Waals surface area contributed by atoms with Gasteiger partial charge in [-0.15, -0.1) is 0 Å². The number of hydrogen-bond acceptors (Lipinski definition) is 4. The van der Waals surface area contributed by atoms with E-state index in [0.29, 0.717) is 24.3 Å². The molecule has 0 aliphatic carbocycles. The van der Waals surface area contributed by atoms with Crippen LogP contribution >= 0.6 is 0 Å². The number of nitrogens with zero attached hydrogens (tertiary/aromatic N) is 3. The normalized spacial score (nSPS) is 24.1. The maximum atomic E-state index is 12.5. The number of likely N-dealkylation sites (tertiary alicyclic amines) is 2. The number of piperidine rings is 2. The SMILES string of the molecule is Cc1ncc(CN2CC[C@@H]3[C@@H](CCC(=O)N3CCc3ccc(C)o3)C2)[nH]1. The number of imidazole rings is 1. The fraction of sp³-hybridized carbons (Fsp3) is 0.600. The number of carbonyl (C=O) groups is 1. The first-order chi connectivity index (χ1) is 12.6. The smallest absolute Gasteiger partial charge is 0.222 e. The molecule has 2 aliphatic heterocycles. The lowest BCUT2D eigenvalue weighted by Gasteiger charge is -2.47. The number of fused-ring (bicyclic) bond motifs is 1. The van der Waals surface area contributed by atoms with Crippen molar-refractivity contribution < 1.29 is 9.21 Å². The molecule has 0 radical (unpaired) electrons. The fourth-order valence-corrected chi connectivity index (χ4v) is 4.50. The number of hydrogen-bond donors (Lipinski definition) is 1. The van der Waals surface area contributed by atoms with E-state index >= 15 is 0 Å². The number of rotatable bonds is 5. The molecule has 2 saturated heterocycles. The average Bonchev–Trinajstić information content (AvgIpc) is 3.22. The van der Waals surface area contributed by atoms with Gasteiger partial charge in [0.15, 0.2) is 0 Å². The molecular weight excluding hydrogens is 328 g/mol. The Hall–Kier alpha value is -2.08. The summed E-state index contributed by atoms with van der Waals surface area (Å²) in [6.45, 7) is 7.73. The molecule has 2 aromatic heterocycles. The van der Waals surface area contributed by atoms with E-state index in [0.717, 1.165) is 62.8 Å². The van der Waals surface area contributed by atoms with Crippen molar-refractivity contribution in [3.05, 3.63) is 41.4 Å². The molecular formula is C20H28N4O2. The largest absolute Gasteiger partial charge is 0.466 e. The molecule has 26 heavy (non-hydrogen) atoms. The minimum atomic E-state index is 0.312. The maximum Gasteiger partial charge on any atom is 0.222 e. The highest BCUT2D eigenvalue weighted by Crippen LogP contribution is 2.32. The van der Waals surface area contributed by atoms with Gasteiger partial charge in [0.2, 0.25) is 5.91 Å². The van der Waals surface area contributed by atoms with Gasteiger partial charge in [-0.05, 0) is 44.7 Å². The summed E-state index contributed by atoms with van der Waals surface area (Å²) in [5, 5.41) is 0. The molecule has 2 aliphatic rings. The molecule has 6 heteroatoms. The zero-order valence-corrected chi connectivity index (χ0v) is 15.7. The Balaban J connectivity index is 1.37. The van der Waals surface area contributed by atoms with Crippen LogP contribution in [0.3, 0.4) is 0 Å². The minimum absolute atomic E-state index is 0.312. The van der Waals surface area contributed by atoms with E-state index in [1.54, 1.807) is 0 Å². The lowest BCUT2D eigenvalue weighted by Crippen LogP contribution is -2.56. The van der Waals surface area contributed by atoms with Crippen LogP contribution in [0.1, 0.15) is 42.3 Å². The predicted octanol–water partition coefficient (Wildman–Crippen LogP) is 2.68. The van der Waals surface area contributed by atoms with Crippen LogP contribution < -0.4 is 0 Å². The molecule has 0 saturated carbocycles. The number of H-pyrrole nitrogens is 1. The Labute approximate surface area is 154 Å². The van der Waals surface area contributed by atoms with E-state index < -0.39 is 0 Å². The molecule has 0 aromatic carbocycles. The Morgan fingerprint density at radius 1 is 1.31 bits per heavy atom. The third-order valence-corrected chi connectivity index (χ3v) is 5.77. The third kappa shape index (κ3) is 3.70. The van der Waals surface area contributed by atoms with Crippen LogP contribution in [-0.2, 0) is 17.8 Å². The van der Waals surface area contributed by atoms with Gasteiger partial charge in [0.05, 0.1) is 0 Å². The first kappa shape index (κ1) is 17.3. The second kappa shape index (κ2) is 7.27. The van der Waals surface area contributed by atoms with Gasteiger partial charge in [-0.3, -0.25) is 9.69 Å². The summed E-state index contributed by atoms with van der Waals surface area (Å²) in [7, 11) is 0. The highest BCUT2D eigenvalue weighted by Gasteiger charge is 2.39. The summed E-state index contributed by atoms with van der Waals surface area (Å²) in [6, 6.07) is 4.40. The molecule has 6 nitrogen and oxygen atoms in total. The van der Waals surface area contributed by atoms with Crippen LogP contribution in [0.2, 0.25) is 0 Å². The summed E-state index contributed by atoms with van der Waals surface area (Å²) in [5.41, 5.74) is 1.18. The molecule has 140 valence electrons. The van der Waals surface area contributed by atoms with E-state index in [-0.39, 0.29) is 0 Å². The number of carbonyl (C=O) groups excluding carboxylic acids is 1. The van der Waals surface area contributed by atoms with Gasteiger partial charge in [-0.1, -0.05) is 0 Å². The van der Waals surface area contributed by atoms with Crippen LogP contribution in [-0.4, -0.2) is 51.4 Å². The third-order valence-electron chi connectivity index (χ3n) is 5.77. The zero-order valence-electron chi connectivity index (χ0n) is 15.7. The average molecular weight is 356 g/mol. The van der Waals surface area contributed by atoms with Crippen LogP contribution in [0.4, 0.5) is 0 Å². The second-order valence-corrected chi connectivity index (χ2v) is 7.73. The van der Waals surface area contributed by atoms with Gasteiger partial charge in [0, 0.05) is 57.0 Å². The van der Waals surface area contributed by atoms with Crippen molar-refractivity contribution in [1.29, 1.82) is 0 Å². The van der Waals surface area contributed by atoms with E-state index in [1.807, 2.05) is 32.2 Å². The van der Waals surface area contributed by atoms with E-state index in [2.05, 4.69) is 19.8 Å². The summed E-state index contributed by atoms with van der Waals surface area (Å²) < 4.78 is 5.68. The molecule has 4 heterocycles. The monoisotopic (exact) mass is 356 g/mol. The van der Waals surface area contributed by atoms with Crippen molar-refractivity contribution in [1.82, 2.24) is 19.8 Å². The van der Waals surface area contributed by atoms with Crippen molar-refractivity contribution in [3.63, 3.8) is 0 Å². The van der Waals surface area contributed by atoms with Crippen LogP contribution in [0.15, 0.2) is 22.7 Å². The molecule has 1 amide bonds. The molecule has 2 aromatic rings. The molecule has 2 atom stereocenters. The summed E-state index contributed by atoms with van der Waals surface area (Å²) >= 11 is 0. The number of amides is 1. The van der Waals surface area contributed by atoms with Gasteiger partial charge in [-0.25, -0.2) is 4.98 Å². The van der Waals surface area contributed by atoms with Crippen molar-refractivity contribution in [2.24, 2.45) is 5.92 Å². The number of nitrogens with one attached hydrogen (secondary N) is 1. The lowest BCUT2D eigenvalue weighted by atomic mass is 9.83. The summed E-state index contributed by atoms with van der Waals surface area (Å²) in [6.07, 6.45) is 5.48. The van der Waals surface area contributed by atoms with Crippen LogP contribution in [0.5, 0.6) is 0 Å². The van der Waals surface area contributed by atoms with Gasteiger partial charge in [0.25, 0.3) is 0 Å². The molecule has 0 bridgehead atoms. The second-order valence-electron chi connectivity index (χ2n) is 7.73. The Morgan fingerprint density at radius 3 is 2.92 bits per heavy atom. The number of aromatic nitrogens is 2. The summed E-state index contributed by atoms with van der Waals surface area (Å²) in [5.74, 6) is 3.77. The highest BCUT2D eigenvalue weighted by atomic mass is 16.3. The zero-order chi connectivity index (χ0) is 18.1. The van der Waals surface area contributed by atoms with Crippen molar-refractivity contribution >= 4 is 5.91 Å². The van der Waals surface area contributed by atoms with Gasteiger partial charge < -0.3 is 14.3 Å². The quantitative estimate of drug-likeness (QED) is 0.894. The Morgan fingerprint density at radius 2 is 2.19 bits per heavy atom. The van der Waals surface area contributed by atoms with Crippen molar-refractivity contribution in [2.45, 2.75) is 52.1 Å². The molecule has 0 spiro atoms. The number of furan rings is 1. The van der Waals surface area contributed by atoms with Gasteiger partial charge in [0.1, 0.15) is 17.3 Å². The van der Waals surface area contributed by atoms with Crippen molar-refractivity contribution in [3.8, 4) is 0 Å². The van der Waals surface area contributed by atoms with Gasteiger partial charge in [-0.2, -0.15) is 0 Å². The molecule has 1 N–H and O–H groups in total. The predicted molar refractivity (Wildman–Crippen MR) is 98.6 cm³/mol. The van der Waals surface area contributed by atoms with Crippen LogP contribution in [0, 0.1) is 19.8 Å². The Bertz CT molecular complexity index is 765.